The van der Waals surface area contributed by atoms with Crippen LogP contribution in [0.25, 0.3) is 0 Å². The number of benzene rings is 1. The number of amides is 1. The summed E-state index contributed by atoms with van der Waals surface area (Å²) in [6.45, 7) is 1.13. The topological polar surface area (TPSA) is 70.1 Å². The van der Waals surface area contributed by atoms with Crippen LogP contribution >= 0.6 is 0 Å². The maximum Gasteiger partial charge on any atom is 0.234 e. The van der Waals surface area contributed by atoms with Gasteiger partial charge in [-0.15, -0.1) is 0 Å². The van der Waals surface area contributed by atoms with Gasteiger partial charge in [-0.1, -0.05) is 0 Å². The van der Waals surface area contributed by atoms with E-state index >= 15 is 0 Å². The first-order chi connectivity index (χ1) is 8.61. The summed E-state index contributed by atoms with van der Waals surface area (Å²) in [6, 6.07) is 5.79. The highest BCUT2D eigenvalue weighted by atomic mass is 19.1. The zero-order chi connectivity index (χ0) is 13.1. The van der Waals surface area contributed by atoms with Crippen LogP contribution in [0.3, 0.4) is 0 Å². The molecule has 1 fully saturated rings. The van der Waals surface area contributed by atoms with E-state index in [9.17, 15) is 9.18 Å². The normalized spacial score (nSPS) is 19.7. The van der Waals surface area contributed by atoms with Gasteiger partial charge in [0.05, 0.1) is 17.7 Å². The lowest BCUT2D eigenvalue weighted by atomic mass is 10.1. The summed E-state index contributed by atoms with van der Waals surface area (Å²) >= 11 is 0. The molecular formula is C13H14FN3O. The molecule has 0 aliphatic carbocycles. The zero-order valence-electron chi connectivity index (χ0n) is 9.90. The largest absolute Gasteiger partial charge is 0.368 e. The van der Waals surface area contributed by atoms with Crippen LogP contribution in [-0.4, -0.2) is 23.4 Å². The number of rotatable bonds is 3. The monoisotopic (exact) mass is 247 g/mol. The van der Waals surface area contributed by atoms with Gasteiger partial charge in [0, 0.05) is 6.54 Å². The molecule has 2 rings (SSSR count). The number of halogens is 1. The van der Waals surface area contributed by atoms with Gasteiger partial charge in [0.2, 0.25) is 5.91 Å². The summed E-state index contributed by atoms with van der Waals surface area (Å²) in [5.41, 5.74) is 6.36. The van der Waals surface area contributed by atoms with E-state index in [4.69, 9.17) is 11.0 Å². The van der Waals surface area contributed by atoms with Gasteiger partial charge in [-0.25, -0.2) is 4.39 Å². The zero-order valence-corrected chi connectivity index (χ0v) is 9.90. The molecule has 1 amide bonds. The molecule has 2 N–H and O–H groups in total. The first-order valence-electron chi connectivity index (χ1n) is 5.83. The van der Waals surface area contributed by atoms with Crippen molar-refractivity contribution in [2.24, 2.45) is 5.73 Å². The Hall–Kier alpha value is -1.93. The smallest absolute Gasteiger partial charge is 0.234 e. The van der Waals surface area contributed by atoms with Crippen LogP contribution in [0.15, 0.2) is 18.2 Å². The lowest BCUT2D eigenvalue weighted by molar-refractivity contribution is -0.122. The molecule has 1 atom stereocenters. The fraction of sp³-hybridized carbons (Fsp3) is 0.385. The van der Waals surface area contributed by atoms with Crippen LogP contribution in [-0.2, 0) is 11.3 Å². The van der Waals surface area contributed by atoms with Gasteiger partial charge in [0.15, 0.2) is 0 Å². The van der Waals surface area contributed by atoms with Crippen LogP contribution in [0.4, 0.5) is 4.39 Å². The van der Waals surface area contributed by atoms with Gasteiger partial charge in [-0.05, 0) is 43.1 Å². The Bertz CT molecular complexity index is 509. The number of likely N-dealkylation sites (tertiary alicyclic amines) is 1. The molecule has 4 nitrogen and oxygen atoms in total. The van der Waals surface area contributed by atoms with Crippen molar-refractivity contribution in [3.63, 3.8) is 0 Å². The molecule has 1 aromatic carbocycles. The summed E-state index contributed by atoms with van der Waals surface area (Å²) in [4.78, 5) is 13.2. The number of carbonyl (C=O) groups is 1. The third kappa shape index (κ3) is 2.49. The fourth-order valence-corrected chi connectivity index (χ4v) is 2.36. The number of hydrogen-bond acceptors (Lipinski definition) is 3. The highest BCUT2D eigenvalue weighted by Crippen LogP contribution is 2.21. The van der Waals surface area contributed by atoms with Crippen molar-refractivity contribution in [3.8, 4) is 6.07 Å². The molecule has 1 aliphatic rings. The highest BCUT2D eigenvalue weighted by molar-refractivity contribution is 5.80. The first kappa shape index (κ1) is 12.5. The summed E-state index contributed by atoms with van der Waals surface area (Å²) in [7, 11) is 0. The Morgan fingerprint density at radius 2 is 2.39 bits per heavy atom. The number of nitrogens with zero attached hydrogens (tertiary/aromatic N) is 2. The second-order valence-electron chi connectivity index (χ2n) is 4.44. The highest BCUT2D eigenvalue weighted by Gasteiger charge is 2.29. The molecular weight excluding hydrogens is 233 g/mol. The van der Waals surface area contributed by atoms with Crippen LogP contribution in [0.2, 0.25) is 0 Å². The van der Waals surface area contributed by atoms with E-state index < -0.39 is 0 Å². The average Bonchev–Trinajstić information content (AvgIpc) is 2.77. The molecule has 0 aromatic heterocycles. The van der Waals surface area contributed by atoms with Crippen molar-refractivity contribution in [2.75, 3.05) is 6.54 Å². The Labute approximate surface area is 105 Å². The third-order valence-corrected chi connectivity index (χ3v) is 3.25. The van der Waals surface area contributed by atoms with Crippen molar-refractivity contribution < 1.29 is 9.18 Å². The van der Waals surface area contributed by atoms with E-state index in [1.807, 2.05) is 11.0 Å². The van der Waals surface area contributed by atoms with Crippen molar-refractivity contribution in [2.45, 2.75) is 25.4 Å². The van der Waals surface area contributed by atoms with Crippen LogP contribution in [0.1, 0.15) is 24.0 Å². The molecule has 5 heteroatoms. The van der Waals surface area contributed by atoms with E-state index in [1.54, 1.807) is 0 Å². The van der Waals surface area contributed by atoms with Gasteiger partial charge in [-0.3, -0.25) is 9.69 Å². The summed E-state index contributed by atoms with van der Waals surface area (Å²) in [6.07, 6.45) is 1.62. The molecule has 1 aromatic rings. The summed E-state index contributed by atoms with van der Waals surface area (Å²) in [5, 5.41) is 8.98. The van der Waals surface area contributed by atoms with Gasteiger partial charge >= 0.3 is 0 Å². The first-order valence-corrected chi connectivity index (χ1v) is 5.83. The molecule has 0 spiro atoms. The molecule has 0 radical (unpaired) electrons. The van der Waals surface area contributed by atoms with Crippen LogP contribution in [0.5, 0.6) is 0 Å². The maximum absolute atomic E-state index is 13.2. The standard InChI is InChI=1S/C13H14FN3O/c14-11-4-3-9(7-15)10(6-11)8-17-5-1-2-12(17)13(16)18/h3-4,6,12H,1-2,5,8H2,(H2,16,18). The van der Waals surface area contributed by atoms with E-state index in [2.05, 4.69) is 0 Å². The predicted octanol–water partition coefficient (Wildman–Crippen LogP) is 1.15. The number of nitriles is 1. The van der Waals surface area contributed by atoms with E-state index in [0.29, 0.717) is 17.7 Å². The Kier molecular flexibility index (Phi) is 3.58. The van der Waals surface area contributed by atoms with Gasteiger partial charge in [0.25, 0.3) is 0 Å². The lowest BCUT2D eigenvalue weighted by Gasteiger charge is -2.22. The minimum atomic E-state index is -0.376. The van der Waals surface area contributed by atoms with E-state index in [0.717, 1.165) is 19.4 Å². The van der Waals surface area contributed by atoms with Crippen LogP contribution in [0, 0.1) is 17.1 Å². The average molecular weight is 247 g/mol. The van der Waals surface area contributed by atoms with Crippen molar-refractivity contribution >= 4 is 5.91 Å². The minimum absolute atomic E-state index is 0.306. The van der Waals surface area contributed by atoms with Gasteiger partial charge in [-0.2, -0.15) is 5.26 Å². The maximum atomic E-state index is 13.2. The Balaban J connectivity index is 2.21. The molecule has 0 saturated carbocycles. The predicted molar refractivity (Wildman–Crippen MR) is 63.7 cm³/mol. The second-order valence-corrected chi connectivity index (χ2v) is 4.44. The number of carbonyl (C=O) groups excluding carboxylic acids is 1. The molecule has 18 heavy (non-hydrogen) atoms. The molecule has 1 unspecified atom stereocenters. The Morgan fingerprint density at radius 3 is 3.06 bits per heavy atom. The quantitative estimate of drug-likeness (QED) is 0.871. The number of nitrogens with two attached hydrogens (primary N) is 1. The SMILES string of the molecule is N#Cc1ccc(F)cc1CN1CCCC1C(N)=O. The molecule has 1 aliphatic heterocycles. The molecule has 0 bridgehead atoms. The lowest BCUT2D eigenvalue weighted by Crippen LogP contribution is -2.39. The van der Waals surface area contributed by atoms with Crippen molar-refractivity contribution in [1.29, 1.82) is 5.26 Å². The molecule has 1 saturated heterocycles. The number of primary amides is 1. The summed E-state index contributed by atoms with van der Waals surface area (Å²) in [5.74, 6) is -0.735. The van der Waals surface area contributed by atoms with E-state index in [1.165, 1.54) is 18.2 Å². The minimum Gasteiger partial charge on any atom is -0.368 e. The number of hydrogen-bond donors (Lipinski definition) is 1. The third-order valence-electron chi connectivity index (χ3n) is 3.25. The fourth-order valence-electron chi connectivity index (χ4n) is 2.36. The second kappa shape index (κ2) is 5.15. The van der Waals surface area contributed by atoms with Gasteiger partial charge in [0.1, 0.15) is 5.82 Å². The molecule has 1 heterocycles. The Morgan fingerprint density at radius 1 is 1.61 bits per heavy atom. The molecule has 94 valence electrons. The summed E-state index contributed by atoms with van der Waals surface area (Å²) < 4.78 is 13.2. The van der Waals surface area contributed by atoms with Gasteiger partial charge < -0.3 is 5.73 Å². The van der Waals surface area contributed by atoms with Crippen LogP contribution < -0.4 is 5.73 Å². The van der Waals surface area contributed by atoms with Crippen molar-refractivity contribution in [1.82, 2.24) is 4.90 Å². The van der Waals surface area contributed by atoms with Crippen molar-refractivity contribution in [3.05, 3.63) is 35.1 Å². The van der Waals surface area contributed by atoms with E-state index in [-0.39, 0.29) is 17.8 Å².